The van der Waals surface area contributed by atoms with Gasteiger partial charge in [-0.05, 0) is 18.9 Å². The molecule has 0 spiro atoms. The average Bonchev–Trinajstić information content (AvgIpc) is 2.31. The number of benzene rings is 1. The van der Waals surface area contributed by atoms with Crippen molar-refractivity contribution >= 4 is 0 Å². The molecule has 1 heterocycles. The van der Waals surface area contributed by atoms with Gasteiger partial charge in [-0.25, -0.2) is 0 Å². The van der Waals surface area contributed by atoms with E-state index in [0.717, 1.165) is 6.61 Å². The Hall–Kier alpha value is -0.860. The summed E-state index contributed by atoms with van der Waals surface area (Å²) >= 11 is 0. The molecule has 88 valence electrons. The fourth-order valence-corrected chi connectivity index (χ4v) is 2.38. The van der Waals surface area contributed by atoms with Gasteiger partial charge in [0.25, 0.3) is 0 Å². The normalized spacial score (nSPS) is 30.2. The third kappa shape index (κ3) is 2.63. The molecule has 0 radical (unpaired) electrons. The second-order valence-electron chi connectivity index (χ2n) is 4.63. The lowest BCUT2D eigenvalue weighted by molar-refractivity contribution is -0.0280. The largest absolute Gasteiger partial charge is 0.370 e. The third-order valence-corrected chi connectivity index (χ3v) is 3.12. The number of morpholine rings is 1. The maximum absolute atomic E-state index is 5.98. The summed E-state index contributed by atoms with van der Waals surface area (Å²) in [7, 11) is 0. The van der Waals surface area contributed by atoms with Crippen molar-refractivity contribution in [2.45, 2.75) is 44.9 Å². The third-order valence-electron chi connectivity index (χ3n) is 3.12. The Morgan fingerprint density at radius 2 is 2.06 bits per heavy atom. The van der Waals surface area contributed by atoms with Gasteiger partial charge in [0, 0.05) is 12.1 Å². The fraction of sp³-hybridized carbons (Fsp3) is 0.571. The molecule has 1 fully saturated rings. The summed E-state index contributed by atoms with van der Waals surface area (Å²) in [5, 5.41) is 3.64. The second kappa shape index (κ2) is 5.46. The number of nitrogens with one attached hydrogen (secondary N) is 1. The van der Waals surface area contributed by atoms with Crippen LogP contribution in [-0.4, -0.2) is 18.7 Å². The van der Waals surface area contributed by atoms with Gasteiger partial charge in [0.1, 0.15) is 0 Å². The Kier molecular flexibility index (Phi) is 3.97. The van der Waals surface area contributed by atoms with E-state index in [1.165, 1.54) is 18.4 Å². The SMILES string of the molecule is CCC[C@H]1N[C@@H](C)CO[C@@H]1c1ccccc1. The van der Waals surface area contributed by atoms with Crippen molar-refractivity contribution in [3.8, 4) is 0 Å². The lowest BCUT2D eigenvalue weighted by atomic mass is 9.96. The van der Waals surface area contributed by atoms with E-state index in [0.29, 0.717) is 12.1 Å². The monoisotopic (exact) mass is 219 g/mol. The fourth-order valence-electron chi connectivity index (χ4n) is 2.38. The highest BCUT2D eigenvalue weighted by molar-refractivity contribution is 5.19. The van der Waals surface area contributed by atoms with Crippen molar-refractivity contribution in [1.29, 1.82) is 0 Å². The number of ether oxygens (including phenoxy) is 1. The average molecular weight is 219 g/mol. The van der Waals surface area contributed by atoms with E-state index in [4.69, 9.17) is 4.74 Å². The maximum Gasteiger partial charge on any atom is 0.0978 e. The first kappa shape index (κ1) is 11.6. The minimum Gasteiger partial charge on any atom is -0.370 e. The first-order valence-corrected chi connectivity index (χ1v) is 6.24. The number of hydrogen-bond donors (Lipinski definition) is 1. The van der Waals surface area contributed by atoms with E-state index in [-0.39, 0.29) is 6.10 Å². The van der Waals surface area contributed by atoms with Gasteiger partial charge in [-0.2, -0.15) is 0 Å². The predicted octanol–water partition coefficient (Wildman–Crippen LogP) is 2.90. The van der Waals surface area contributed by atoms with Gasteiger partial charge < -0.3 is 10.1 Å². The van der Waals surface area contributed by atoms with Gasteiger partial charge in [-0.1, -0.05) is 43.7 Å². The molecule has 2 nitrogen and oxygen atoms in total. The summed E-state index contributed by atoms with van der Waals surface area (Å²) < 4.78 is 5.98. The van der Waals surface area contributed by atoms with Crippen LogP contribution in [0.15, 0.2) is 30.3 Å². The molecule has 0 aliphatic carbocycles. The molecular formula is C14H21NO. The highest BCUT2D eigenvalue weighted by Gasteiger charge is 2.29. The van der Waals surface area contributed by atoms with E-state index in [1.807, 2.05) is 0 Å². The summed E-state index contributed by atoms with van der Waals surface area (Å²) in [4.78, 5) is 0. The molecule has 1 N–H and O–H groups in total. The van der Waals surface area contributed by atoms with Crippen LogP contribution in [0.25, 0.3) is 0 Å². The van der Waals surface area contributed by atoms with Gasteiger partial charge in [0.2, 0.25) is 0 Å². The summed E-state index contributed by atoms with van der Waals surface area (Å²) in [6, 6.07) is 11.5. The molecule has 0 unspecified atom stereocenters. The minimum atomic E-state index is 0.220. The highest BCUT2D eigenvalue weighted by atomic mass is 16.5. The van der Waals surface area contributed by atoms with Gasteiger partial charge >= 0.3 is 0 Å². The molecule has 1 aromatic carbocycles. The van der Waals surface area contributed by atoms with E-state index >= 15 is 0 Å². The van der Waals surface area contributed by atoms with Gasteiger partial charge in [-0.15, -0.1) is 0 Å². The molecule has 1 aromatic rings. The maximum atomic E-state index is 5.98. The lowest BCUT2D eigenvalue weighted by Crippen LogP contribution is -2.48. The highest BCUT2D eigenvalue weighted by Crippen LogP contribution is 2.27. The van der Waals surface area contributed by atoms with Crippen molar-refractivity contribution < 1.29 is 4.74 Å². The molecule has 0 bridgehead atoms. The van der Waals surface area contributed by atoms with Gasteiger partial charge in [-0.3, -0.25) is 0 Å². The van der Waals surface area contributed by atoms with Crippen molar-refractivity contribution in [3.63, 3.8) is 0 Å². The molecule has 2 heteroatoms. The van der Waals surface area contributed by atoms with E-state index in [9.17, 15) is 0 Å². The second-order valence-corrected chi connectivity index (χ2v) is 4.63. The smallest absolute Gasteiger partial charge is 0.0978 e. The summed E-state index contributed by atoms with van der Waals surface area (Å²) in [5.74, 6) is 0. The lowest BCUT2D eigenvalue weighted by Gasteiger charge is -2.36. The first-order valence-electron chi connectivity index (χ1n) is 6.24. The van der Waals surface area contributed by atoms with Crippen molar-refractivity contribution in [2.75, 3.05) is 6.61 Å². The Morgan fingerprint density at radius 1 is 1.31 bits per heavy atom. The van der Waals surface area contributed by atoms with Crippen LogP contribution in [0.3, 0.4) is 0 Å². The summed E-state index contributed by atoms with van der Waals surface area (Å²) in [6.45, 7) is 5.21. The van der Waals surface area contributed by atoms with E-state index < -0.39 is 0 Å². The molecule has 3 atom stereocenters. The Labute approximate surface area is 98.0 Å². The molecule has 1 aliphatic heterocycles. The van der Waals surface area contributed by atoms with Gasteiger partial charge in [0.15, 0.2) is 0 Å². The molecule has 16 heavy (non-hydrogen) atoms. The van der Waals surface area contributed by atoms with E-state index in [1.54, 1.807) is 0 Å². The Balaban J connectivity index is 2.12. The van der Waals surface area contributed by atoms with Crippen LogP contribution >= 0.6 is 0 Å². The van der Waals surface area contributed by atoms with Crippen LogP contribution in [0, 0.1) is 0 Å². The van der Waals surface area contributed by atoms with Gasteiger partial charge in [0.05, 0.1) is 12.7 Å². The Bertz CT molecular complexity index is 312. The number of rotatable bonds is 3. The van der Waals surface area contributed by atoms with Crippen LogP contribution in [0.1, 0.15) is 38.4 Å². The zero-order valence-corrected chi connectivity index (χ0v) is 10.1. The van der Waals surface area contributed by atoms with Crippen LogP contribution in [-0.2, 0) is 4.74 Å². The molecule has 1 aliphatic rings. The van der Waals surface area contributed by atoms with Crippen LogP contribution in [0.2, 0.25) is 0 Å². The summed E-state index contributed by atoms with van der Waals surface area (Å²) in [5.41, 5.74) is 1.29. The zero-order chi connectivity index (χ0) is 11.4. The molecule has 1 saturated heterocycles. The van der Waals surface area contributed by atoms with Crippen molar-refractivity contribution in [1.82, 2.24) is 5.32 Å². The van der Waals surface area contributed by atoms with Crippen molar-refractivity contribution in [3.05, 3.63) is 35.9 Å². The molecule has 0 saturated carbocycles. The standard InChI is InChI=1S/C14H21NO/c1-3-7-13-14(16-10-11(2)15-13)12-8-5-4-6-9-12/h4-6,8-9,11,13-15H,3,7,10H2,1-2H3/t11-,13+,14+/m0/s1. The molecule has 0 amide bonds. The van der Waals surface area contributed by atoms with E-state index in [2.05, 4.69) is 49.5 Å². The van der Waals surface area contributed by atoms with Crippen molar-refractivity contribution in [2.24, 2.45) is 0 Å². The van der Waals surface area contributed by atoms with Crippen LogP contribution in [0.5, 0.6) is 0 Å². The van der Waals surface area contributed by atoms with Crippen LogP contribution < -0.4 is 5.32 Å². The predicted molar refractivity (Wildman–Crippen MR) is 66.4 cm³/mol. The first-order chi connectivity index (χ1) is 7.81. The molecule has 0 aromatic heterocycles. The quantitative estimate of drug-likeness (QED) is 0.844. The number of hydrogen-bond acceptors (Lipinski definition) is 2. The summed E-state index contributed by atoms with van der Waals surface area (Å²) in [6.07, 6.45) is 2.58. The minimum absolute atomic E-state index is 0.220. The Morgan fingerprint density at radius 3 is 2.75 bits per heavy atom. The molecular weight excluding hydrogens is 198 g/mol. The topological polar surface area (TPSA) is 21.3 Å². The zero-order valence-electron chi connectivity index (χ0n) is 10.1. The molecule has 2 rings (SSSR count). The van der Waals surface area contributed by atoms with Crippen LogP contribution in [0.4, 0.5) is 0 Å².